The summed E-state index contributed by atoms with van der Waals surface area (Å²) in [6, 6.07) is 22.8. The van der Waals surface area contributed by atoms with Crippen molar-refractivity contribution < 1.29 is 22.7 Å². The Balaban J connectivity index is 1.20. The highest BCUT2D eigenvalue weighted by atomic mass is 19.4. The summed E-state index contributed by atoms with van der Waals surface area (Å²) in [5, 5.41) is 8.37. The predicted molar refractivity (Wildman–Crippen MR) is 158 cm³/mol. The molecule has 0 spiro atoms. The standard InChI is InChI=1S/C33H30F3N5O2/c34-33(35,36)23-6-3-5-22(18-23)32(42)38-24-8-13-30(43-17-16-40-25-9-10-26(40)12-11-25)27(20-24)29-14-15-37-41(29)31-19-21-4-1-2-7-28(21)39-31/h1-8,13-15,18-20,25-26,39H,9-12,16-17H2,(H,38,42). The summed E-state index contributed by atoms with van der Waals surface area (Å²) >= 11 is 0. The number of carbonyl (C=O) groups excluding carboxylic acids is 1. The molecule has 10 heteroatoms. The molecular weight excluding hydrogens is 555 g/mol. The van der Waals surface area contributed by atoms with Gasteiger partial charge in [0.25, 0.3) is 5.91 Å². The fourth-order valence-corrected chi connectivity index (χ4v) is 6.49. The highest BCUT2D eigenvalue weighted by Crippen LogP contribution is 2.38. The largest absolute Gasteiger partial charge is 0.492 e. The van der Waals surface area contributed by atoms with Crippen molar-refractivity contribution in [1.82, 2.24) is 19.7 Å². The second-order valence-electron chi connectivity index (χ2n) is 11.2. The quantitative estimate of drug-likeness (QED) is 0.201. The van der Waals surface area contributed by atoms with Gasteiger partial charge in [-0.05, 0) is 80.3 Å². The van der Waals surface area contributed by atoms with Crippen molar-refractivity contribution in [3.63, 3.8) is 0 Å². The lowest BCUT2D eigenvalue weighted by Gasteiger charge is -2.22. The predicted octanol–water partition coefficient (Wildman–Crippen LogP) is 7.30. The fourth-order valence-electron chi connectivity index (χ4n) is 6.49. The summed E-state index contributed by atoms with van der Waals surface area (Å²) in [5.74, 6) is 0.750. The van der Waals surface area contributed by atoms with Crippen LogP contribution in [0, 0.1) is 0 Å². The minimum absolute atomic E-state index is 0.0833. The number of hydrogen-bond donors (Lipinski definition) is 2. The minimum Gasteiger partial charge on any atom is -0.492 e. The Hall–Kier alpha value is -4.57. The van der Waals surface area contributed by atoms with E-state index in [2.05, 4.69) is 20.3 Å². The van der Waals surface area contributed by atoms with Gasteiger partial charge in [0.2, 0.25) is 0 Å². The number of alkyl halides is 3. The molecule has 2 saturated heterocycles. The van der Waals surface area contributed by atoms with Crippen LogP contribution in [0.1, 0.15) is 41.6 Å². The Labute approximate surface area is 246 Å². The molecular formula is C33H30F3N5O2. The molecule has 7 nitrogen and oxygen atoms in total. The second-order valence-corrected chi connectivity index (χ2v) is 11.2. The first-order chi connectivity index (χ1) is 20.8. The molecule has 2 aliphatic rings. The topological polar surface area (TPSA) is 75.2 Å². The van der Waals surface area contributed by atoms with E-state index in [1.165, 1.54) is 37.8 Å². The number of anilines is 1. The molecule has 5 aromatic rings. The molecule has 220 valence electrons. The number of hydrogen-bond acceptors (Lipinski definition) is 4. The third-order valence-corrected chi connectivity index (χ3v) is 8.56. The van der Waals surface area contributed by atoms with Gasteiger partial charge in [0.1, 0.15) is 18.2 Å². The third-order valence-electron chi connectivity index (χ3n) is 8.56. The fraction of sp³-hybridized carbons (Fsp3) is 0.273. The van der Waals surface area contributed by atoms with E-state index in [0.717, 1.165) is 41.1 Å². The van der Waals surface area contributed by atoms with Crippen LogP contribution in [-0.2, 0) is 6.18 Å². The van der Waals surface area contributed by atoms with E-state index in [1.807, 2.05) is 36.4 Å². The van der Waals surface area contributed by atoms with Crippen molar-refractivity contribution in [2.75, 3.05) is 18.5 Å². The minimum atomic E-state index is -4.54. The number of nitrogens with one attached hydrogen (secondary N) is 2. The lowest BCUT2D eigenvalue weighted by atomic mass is 10.0. The van der Waals surface area contributed by atoms with Gasteiger partial charge < -0.3 is 15.0 Å². The van der Waals surface area contributed by atoms with Gasteiger partial charge in [0.15, 0.2) is 0 Å². The maximum absolute atomic E-state index is 13.2. The van der Waals surface area contributed by atoms with Crippen molar-refractivity contribution in [3.8, 4) is 22.8 Å². The van der Waals surface area contributed by atoms with E-state index >= 15 is 0 Å². The zero-order chi connectivity index (χ0) is 29.6. The number of halogens is 3. The Morgan fingerprint density at radius 2 is 1.74 bits per heavy atom. The number of rotatable bonds is 8. The zero-order valence-electron chi connectivity index (χ0n) is 23.3. The van der Waals surface area contributed by atoms with E-state index in [-0.39, 0.29) is 5.56 Å². The van der Waals surface area contributed by atoms with Crippen molar-refractivity contribution in [2.45, 2.75) is 43.9 Å². The van der Waals surface area contributed by atoms with Crippen LogP contribution in [0.5, 0.6) is 5.75 Å². The number of ether oxygens (including phenoxy) is 1. The molecule has 7 rings (SSSR count). The second kappa shape index (κ2) is 10.9. The SMILES string of the molecule is O=C(Nc1ccc(OCCN2C3CCC2CC3)c(-c2ccnn2-c2cc3ccccc3[nH]2)c1)c1cccc(C(F)(F)F)c1. The summed E-state index contributed by atoms with van der Waals surface area (Å²) in [5.41, 5.74) is 1.86. The normalized spacial score (nSPS) is 18.4. The van der Waals surface area contributed by atoms with Gasteiger partial charge in [0, 0.05) is 46.3 Å². The Kier molecular flexibility index (Phi) is 6.93. The summed E-state index contributed by atoms with van der Waals surface area (Å²) in [6.45, 7) is 1.35. The first-order valence-electron chi connectivity index (χ1n) is 14.5. The molecule has 0 saturated carbocycles. The summed E-state index contributed by atoms with van der Waals surface area (Å²) in [4.78, 5) is 19.0. The van der Waals surface area contributed by atoms with Gasteiger partial charge in [0.05, 0.1) is 17.5 Å². The highest BCUT2D eigenvalue weighted by molar-refractivity contribution is 6.04. The number of benzene rings is 3. The van der Waals surface area contributed by atoms with Crippen LogP contribution in [0.4, 0.5) is 18.9 Å². The molecule has 2 N–H and O–H groups in total. The van der Waals surface area contributed by atoms with Crippen LogP contribution < -0.4 is 10.1 Å². The number of amides is 1. The smallest absolute Gasteiger partial charge is 0.416 e. The molecule has 3 aromatic carbocycles. The third kappa shape index (κ3) is 5.38. The molecule has 1 amide bonds. The maximum Gasteiger partial charge on any atom is 0.416 e. The monoisotopic (exact) mass is 585 g/mol. The van der Waals surface area contributed by atoms with E-state index in [1.54, 1.807) is 29.1 Å². The number of H-pyrrole nitrogens is 1. The van der Waals surface area contributed by atoms with E-state index in [9.17, 15) is 18.0 Å². The first-order valence-corrected chi connectivity index (χ1v) is 14.5. The summed E-state index contributed by atoms with van der Waals surface area (Å²) in [6.07, 6.45) is 2.15. The van der Waals surface area contributed by atoms with Crippen molar-refractivity contribution >= 4 is 22.5 Å². The van der Waals surface area contributed by atoms with Crippen LogP contribution in [-0.4, -0.2) is 50.8 Å². The molecule has 0 unspecified atom stereocenters. The molecule has 2 bridgehead atoms. The van der Waals surface area contributed by atoms with Gasteiger partial charge >= 0.3 is 6.18 Å². The van der Waals surface area contributed by atoms with Gasteiger partial charge in [-0.2, -0.15) is 18.3 Å². The maximum atomic E-state index is 13.2. The zero-order valence-corrected chi connectivity index (χ0v) is 23.3. The first kappa shape index (κ1) is 27.3. The summed E-state index contributed by atoms with van der Waals surface area (Å²) < 4.78 is 47.9. The molecule has 43 heavy (non-hydrogen) atoms. The molecule has 0 radical (unpaired) electrons. The Morgan fingerprint density at radius 1 is 0.953 bits per heavy atom. The number of nitrogens with zero attached hydrogens (tertiary/aromatic N) is 3. The van der Waals surface area contributed by atoms with Crippen LogP contribution in [0.2, 0.25) is 0 Å². The molecule has 4 heterocycles. The molecule has 2 fully saturated rings. The van der Waals surface area contributed by atoms with E-state index in [4.69, 9.17) is 4.74 Å². The number of fused-ring (bicyclic) bond motifs is 3. The van der Waals surface area contributed by atoms with Gasteiger partial charge in [-0.3, -0.25) is 9.69 Å². The van der Waals surface area contributed by atoms with Gasteiger partial charge in [-0.25, -0.2) is 4.68 Å². The van der Waals surface area contributed by atoms with Crippen LogP contribution in [0.15, 0.2) is 85.1 Å². The number of aromatic amines is 1. The molecule has 2 aliphatic heterocycles. The van der Waals surface area contributed by atoms with E-state index < -0.39 is 17.6 Å². The van der Waals surface area contributed by atoms with Crippen LogP contribution in [0.3, 0.4) is 0 Å². The lowest BCUT2D eigenvalue weighted by Crippen LogP contribution is -2.32. The average Bonchev–Trinajstić information content (AvgIpc) is 3.81. The van der Waals surface area contributed by atoms with Crippen molar-refractivity contribution in [3.05, 3.63) is 96.2 Å². The summed E-state index contributed by atoms with van der Waals surface area (Å²) in [7, 11) is 0. The Bertz CT molecular complexity index is 1740. The van der Waals surface area contributed by atoms with E-state index in [0.29, 0.717) is 35.7 Å². The lowest BCUT2D eigenvalue weighted by molar-refractivity contribution is -0.137. The van der Waals surface area contributed by atoms with Crippen LogP contribution >= 0.6 is 0 Å². The Morgan fingerprint density at radius 3 is 2.51 bits per heavy atom. The molecule has 0 aliphatic carbocycles. The van der Waals surface area contributed by atoms with Crippen LogP contribution in [0.25, 0.3) is 28.0 Å². The number of para-hydroxylation sites is 1. The van der Waals surface area contributed by atoms with Crippen molar-refractivity contribution in [2.24, 2.45) is 0 Å². The highest BCUT2D eigenvalue weighted by Gasteiger charge is 2.38. The van der Waals surface area contributed by atoms with Gasteiger partial charge in [-0.1, -0.05) is 24.3 Å². The number of aromatic nitrogens is 3. The molecule has 0 atom stereocenters. The van der Waals surface area contributed by atoms with Crippen molar-refractivity contribution in [1.29, 1.82) is 0 Å². The number of carbonyl (C=O) groups is 1. The average molecular weight is 586 g/mol. The molecule has 2 aromatic heterocycles. The van der Waals surface area contributed by atoms with Gasteiger partial charge in [-0.15, -0.1) is 0 Å².